The summed E-state index contributed by atoms with van der Waals surface area (Å²) in [4.78, 5) is 43.3. The first-order valence-corrected chi connectivity index (χ1v) is 10.4. The van der Waals surface area contributed by atoms with Crippen LogP contribution in [0.1, 0.15) is 41.4 Å². The molecule has 2 aliphatic rings. The van der Waals surface area contributed by atoms with Gasteiger partial charge in [-0.3, -0.25) is 4.79 Å². The predicted octanol–water partition coefficient (Wildman–Crippen LogP) is 2.83. The highest BCUT2D eigenvalue weighted by Gasteiger charge is 2.53. The molecule has 1 aromatic heterocycles. The molecule has 1 amide bonds. The van der Waals surface area contributed by atoms with Gasteiger partial charge in [0.15, 0.2) is 0 Å². The van der Waals surface area contributed by atoms with Crippen molar-refractivity contribution >= 4 is 40.5 Å². The van der Waals surface area contributed by atoms with Gasteiger partial charge in [0.2, 0.25) is 5.91 Å². The molecule has 152 valence electrons. The van der Waals surface area contributed by atoms with Crippen molar-refractivity contribution < 1.29 is 23.9 Å². The number of thioether (sulfide) groups is 1. The van der Waals surface area contributed by atoms with Gasteiger partial charge in [0.1, 0.15) is 12.6 Å². The van der Waals surface area contributed by atoms with E-state index in [9.17, 15) is 14.4 Å². The molecule has 0 saturated carbocycles. The number of para-hydroxylation sites is 1. The molecule has 0 bridgehead atoms. The van der Waals surface area contributed by atoms with Gasteiger partial charge >= 0.3 is 11.9 Å². The standard InChI is InChI=1S/C21H22N2O5S/c1-12-13-6-4-5-7-14(13)22-15(18(12)20(26)27-3)10-28-19(25)16-11-29-21(2)9-8-17(24)23(16)21/h4-7,16H,8-11H2,1-3H3/t16-,21-/m0/s1. The van der Waals surface area contributed by atoms with Crippen molar-refractivity contribution in [3.05, 3.63) is 41.1 Å². The van der Waals surface area contributed by atoms with Crippen molar-refractivity contribution in [3.8, 4) is 0 Å². The van der Waals surface area contributed by atoms with Gasteiger partial charge in [0.25, 0.3) is 0 Å². The highest BCUT2D eigenvalue weighted by Crippen LogP contribution is 2.47. The minimum atomic E-state index is -0.608. The van der Waals surface area contributed by atoms with E-state index in [4.69, 9.17) is 9.47 Å². The van der Waals surface area contributed by atoms with E-state index in [1.807, 2.05) is 38.1 Å². The van der Waals surface area contributed by atoms with Crippen LogP contribution in [0.5, 0.6) is 0 Å². The van der Waals surface area contributed by atoms with Crippen molar-refractivity contribution in [2.45, 2.75) is 44.2 Å². The molecule has 29 heavy (non-hydrogen) atoms. The van der Waals surface area contributed by atoms with Crippen LogP contribution in [0.2, 0.25) is 0 Å². The summed E-state index contributed by atoms with van der Waals surface area (Å²) < 4.78 is 10.5. The average molecular weight is 414 g/mol. The number of hydrogen-bond acceptors (Lipinski definition) is 7. The second kappa shape index (κ2) is 7.33. The molecule has 2 saturated heterocycles. The third-order valence-corrected chi connectivity index (χ3v) is 7.19. The van der Waals surface area contributed by atoms with Crippen LogP contribution in [0, 0.1) is 6.92 Å². The quantitative estimate of drug-likeness (QED) is 0.711. The number of carbonyl (C=O) groups excluding carboxylic acids is 3. The Balaban J connectivity index is 1.60. The van der Waals surface area contributed by atoms with Gasteiger partial charge in [-0.05, 0) is 31.9 Å². The molecule has 2 fully saturated rings. The molecule has 8 heteroatoms. The fourth-order valence-electron chi connectivity index (χ4n) is 4.15. The van der Waals surface area contributed by atoms with Gasteiger partial charge in [-0.2, -0.15) is 0 Å². The Hall–Kier alpha value is -2.61. The first-order valence-electron chi connectivity index (χ1n) is 9.45. The number of pyridine rings is 1. The molecule has 0 unspecified atom stereocenters. The molecule has 7 nitrogen and oxygen atoms in total. The van der Waals surface area contributed by atoms with E-state index in [1.54, 1.807) is 16.7 Å². The molecular weight excluding hydrogens is 392 g/mol. The van der Waals surface area contributed by atoms with Crippen LogP contribution >= 0.6 is 11.8 Å². The summed E-state index contributed by atoms with van der Waals surface area (Å²) in [5, 5.41) is 0.841. The number of aromatic nitrogens is 1. The normalized spacial score (nSPS) is 23.3. The monoisotopic (exact) mass is 414 g/mol. The maximum atomic E-state index is 12.8. The van der Waals surface area contributed by atoms with Crippen molar-refractivity contribution in [2.75, 3.05) is 12.9 Å². The number of carbonyl (C=O) groups is 3. The summed E-state index contributed by atoms with van der Waals surface area (Å²) >= 11 is 1.61. The molecule has 3 heterocycles. The molecule has 4 rings (SSSR count). The Bertz CT molecular complexity index is 1020. The molecule has 0 aliphatic carbocycles. The zero-order valence-electron chi connectivity index (χ0n) is 16.6. The fourth-order valence-corrected chi connectivity index (χ4v) is 5.57. The number of benzene rings is 1. The van der Waals surface area contributed by atoms with Gasteiger partial charge in [-0.1, -0.05) is 18.2 Å². The summed E-state index contributed by atoms with van der Waals surface area (Å²) in [6.07, 6.45) is 1.18. The Kier molecular flexibility index (Phi) is 4.98. The van der Waals surface area contributed by atoms with Crippen LogP contribution in [0.25, 0.3) is 10.9 Å². The number of ether oxygens (including phenoxy) is 2. The highest BCUT2D eigenvalue weighted by atomic mass is 32.2. The topological polar surface area (TPSA) is 85.8 Å². The van der Waals surface area contributed by atoms with Crippen LogP contribution in [0.3, 0.4) is 0 Å². The second-order valence-corrected chi connectivity index (χ2v) is 8.94. The second-order valence-electron chi connectivity index (χ2n) is 7.44. The highest BCUT2D eigenvalue weighted by molar-refractivity contribution is 8.01. The van der Waals surface area contributed by atoms with Crippen LogP contribution in [0.4, 0.5) is 0 Å². The van der Waals surface area contributed by atoms with Gasteiger partial charge < -0.3 is 14.4 Å². The van der Waals surface area contributed by atoms with Crippen LogP contribution < -0.4 is 0 Å². The van der Waals surface area contributed by atoms with Crippen LogP contribution in [-0.2, 0) is 25.7 Å². The van der Waals surface area contributed by atoms with E-state index in [2.05, 4.69) is 4.98 Å². The van der Waals surface area contributed by atoms with E-state index in [1.165, 1.54) is 7.11 Å². The van der Waals surface area contributed by atoms with E-state index in [-0.39, 0.29) is 17.4 Å². The largest absolute Gasteiger partial charge is 0.465 e. The number of methoxy groups -OCH3 is 1. The summed E-state index contributed by atoms with van der Waals surface area (Å²) in [5.41, 5.74) is 2.10. The number of hydrogen-bond donors (Lipinski definition) is 0. The van der Waals surface area contributed by atoms with E-state index < -0.39 is 18.0 Å². The summed E-state index contributed by atoms with van der Waals surface area (Å²) in [5.74, 6) is -0.505. The van der Waals surface area contributed by atoms with E-state index in [0.29, 0.717) is 28.9 Å². The van der Waals surface area contributed by atoms with Gasteiger partial charge in [-0.25, -0.2) is 14.6 Å². The number of amides is 1. The summed E-state index contributed by atoms with van der Waals surface area (Å²) in [7, 11) is 1.31. The van der Waals surface area contributed by atoms with Crippen molar-refractivity contribution in [1.29, 1.82) is 0 Å². The lowest BCUT2D eigenvalue weighted by Gasteiger charge is -2.29. The predicted molar refractivity (Wildman–Crippen MR) is 108 cm³/mol. The Morgan fingerprint density at radius 3 is 2.86 bits per heavy atom. The average Bonchev–Trinajstić information content (AvgIpc) is 3.21. The van der Waals surface area contributed by atoms with Gasteiger partial charge in [0, 0.05) is 17.6 Å². The Morgan fingerprint density at radius 2 is 2.10 bits per heavy atom. The van der Waals surface area contributed by atoms with Gasteiger partial charge in [-0.15, -0.1) is 11.8 Å². The Morgan fingerprint density at radius 1 is 1.34 bits per heavy atom. The maximum Gasteiger partial charge on any atom is 0.340 e. The molecule has 2 atom stereocenters. The first-order chi connectivity index (χ1) is 13.9. The van der Waals surface area contributed by atoms with E-state index >= 15 is 0 Å². The number of nitrogens with zero attached hydrogens (tertiary/aromatic N) is 2. The Labute approximate surface area is 172 Å². The lowest BCUT2D eigenvalue weighted by atomic mass is 10.0. The zero-order chi connectivity index (χ0) is 20.8. The molecule has 2 aliphatic heterocycles. The lowest BCUT2D eigenvalue weighted by Crippen LogP contribution is -2.46. The number of esters is 2. The summed E-state index contributed by atoms with van der Waals surface area (Å²) in [6.45, 7) is 3.65. The SMILES string of the molecule is COC(=O)c1c(COC(=O)[C@@H]2CS[C@@]3(C)CCC(=O)N23)nc2ccccc2c1C. The third kappa shape index (κ3) is 3.25. The minimum Gasteiger partial charge on any atom is -0.465 e. The zero-order valence-corrected chi connectivity index (χ0v) is 17.4. The van der Waals surface area contributed by atoms with Gasteiger partial charge in [0.05, 0.1) is 28.8 Å². The maximum absolute atomic E-state index is 12.8. The first kappa shape index (κ1) is 19.7. The summed E-state index contributed by atoms with van der Waals surface area (Å²) in [6, 6.07) is 6.85. The number of fused-ring (bicyclic) bond motifs is 2. The number of aryl methyl sites for hydroxylation is 1. The van der Waals surface area contributed by atoms with Crippen molar-refractivity contribution in [3.63, 3.8) is 0 Å². The molecule has 0 N–H and O–H groups in total. The fraction of sp³-hybridized carbons (Fsp3) is 0.429. The smallest absolute Gasteiger partial charge is 0.340 e. The minimum absolute atomic E-state index is 0.0191. The van der Waals surface area contributed by atoms with Crippen molar-refractivity contribution in [1.82, 2.24) is 9.88 Å². The van der Waals surface area contributed by atoms with Crippen molar-refractivity contribution in [2.24, 2.45) is 0 Å². The van der Waals surface area contributed by atoms with E-state index in [0.717, 1.165) is 17.4 Å². The lowest BCUT2D eigenvalue weighted by molar-refractivity contribution is -0.154. The molecular formula is C21H22N2O5S. The molecule has 1 aromatic carbocycles. The number of rotatable bonds is 4. The molecule has 0 radical (unpaired) electrons. The molecule has 2 aromatic rings. The molecule has 0 spiro atoms. The van der Waals surface area contributed by atoms with Crippen LogP contribution in [0.15, 0.2) is 24.3 Å². The third-order valence-electron chi connectivity index (χ3n) is 5.68. The van der Waals surface area contributed by atoms with Crippen LogP contribution in [-0.4, -0.2) is 51.5 Å².